The first kappa shape index (κ1) is 36.3. The van der Waals surface area contributed by atoms with E-state index in [0.717, 1.165) is 44.5 Å². The molecule has 0 unspecified atom stereocenters. The number of fused-ring (bicyclic) bond motifs is 11. The van der Waals surface area contributed by atoms with Crippen LogP contribution >= 0.6 is 0 Å². The summed E-state index contributed by atoms with van der Waals surface area (Å²) in [6.45, 7) is 0. The van der Waals surface area contributed by atoms with E-state index in [1.54, 1.807) is 0 Å². The third kappa shape index (κ3) is 5.41. The molecule has 64 heavy (non-hydrogen) atoms. The highest BCUT2D eigenvalue weighted by Crippen LogP contribution is 2.63. The van der Waals surface area contributed by atoms with Gasteiger partial charge in [-0.2, -0.15) is 0 Å². The number of aromatic nitrogens is 2. The molecule has 13 rings (SSSR count). The van der Waals surface area contributed by atoms with Gasteiger partial charge in [-0.05, 0) is 109 Å². The summed E-state index contributed by atoms with van der Waals surface area (Å²) in [7, 11) is 0. The molecule has 3 nitrogen and oxygen atoms in total. The van der Waals surface area contributed by atoms with Crippen molar-refractivity contribution in [3.63, 3.8) is 0 Å². The van der Waals surface area contributed by atoms with Crippen molar-refractivity contribution in [2.75, 3.05) is 4.90 Å². The Morgan fingerprint density at radius 2 is 0.891 bits per heavy atom. The largest absolute Gasteiger partial charge is 0.310 e. The Balaban J connectivity index is 0.924. The van der Waals surface area contributed by atoms with Gasteiger partial charge in [0.1, 0.15) is 0 Å². The van der Waals surface area contributed by atoms with Crippen molar-refractivity contribution < 1.29 is 0 Å². The normalized spacial score (nSPS) is 13.1. The van der Waals surface area contributed by atoms with Gasteiger partial charge in [-0.1, -0.05) is 194 Å². The third-order valence-corrected chi connectivity index (χ3v) is 13.5. The van der Waals surface area contributed by atoms with Crippen molar-refractivity contribution in [1.29, 1.82) is 0 Å². The Morgan fingerprint density at radius 1 is 0.328 bits per heavy atom. The second-order valence-corrected chi connectivity index (χ2v) is 16.9. The fourth-order valence-electron chi connectivity index (χ4n) is 10.7. The summed E-state index contributed by atoms with van der Waals surface area (Å²) in [6, 6.07) is 85.8. The average molecular weight is 814 g/mol. The maximum atomic E-state index is 5.33. The predicted molar refractivity (Wildman–Crippen MR) is 264 cm³/mol. The molecule has 10 aromatic carbocycles. The van der Waals surface area contributed by atoms with Crippen LogP contribution < -0.4 is 4.90 Å². The first-order chi connectivity index (χ1) is 31.7. The molecule has 2 aliphatic rings. The molecule has 1 aliphatic carbocycles. The summed E-state index contributed by atoms with van der Waals surface area (Å²) in [5.41, 5.74) is 19.3. The maximum Gasteiger partial charge on any atom is 0.160 e. The Kier molecular flexibility index (Phi) is 8.13. The van der Waals surface area contributed by atoms with Gasteiger partial charge < -0.3 is 4.90 Å². The lowest BCUT2D eigenvalue weighted by Crippen LogP contribution is -2.36. The lowest BCUT2D eigenvalue weighted by Gasteiger charge is -2.45. The first-order valence-corrected chi connectivity index (χ1v) is 22.0. The van der Waals surface area contributed by atoms with Crippen molar-refractivity contribution in [1.82, 2.24) is 9.97 Å². The lowest BCUT2D eigenvalue weighted by molar-refractivity contribution is 0.753. The zero-order valence-electron chi connectivity index (χ0n) is 34.9. The van der Waals surface area contributed by atoms with Crippen molar-refractivity contribution >= 4 is 38.7 Å². The van der Waals surface area contributed by atoms with Gasteiger partial charge in [0.15, 0.2) is 5.82 Å². The van der Waals surface area contributed by atoms with Crippen molar-refractivity contribution in [2.24, 2.45) is 0 Å². The van der Waals surface area contributed by atoms with E-state index in [1.165, 1.54) is 66.7 Å². The number of rotatable bonds is 5. The highest BCUT2D eigenvalue weighted by molar-refractivity contribution is 5.99. The van der Waals surface area contributed by atoms with E-state index in [0.29, 0.717) is 5.82 Å². The summed E-state index contributed by atoms with van der Waals surface area (Å²) >= 11 is 0. The van der Waals surface area contributed by atoms with Crippen LogP contribution in [-0.4, -0.2) is 9.97 Å². The number of benzene rings is 10. The van der Waals surface area contributed by atoms with Crippen LogP contribution in [0.15, 0.2) is 237 Å². The van der Waals surface area contributed by atoms with Gasteiger partial charge in [-0.3, -0.25) is 0 Å². The van der Waals surface area contributed by atoms with Gasteiger partial charge in [0.2, 0.25) is 0 Å². The van der Waals surface area contributed by atoms with E-state index in [4.69, 9.17) is 9.97 Å². The first-order valence-electron chi connectivity index (χ1n) is 22.0. The molecule has 3 heteroatoms. The summed E-state index contributed by atoms with van der Waals surface area (Å²) in [6.07, 6.45) is 0. The van der Waals surface area contributed by atoms with Crippen LogP contribution in [0.5, 0.6) is 0 Å². The molecular formula is C61H39N3. The number of hydrogen-bond acceptors (Lipinski definition) is 3. The highest BCUT2D eigenvalue weighted by atomic mass is 15.2. The molecule has 0 saturated heterocycles. The summed E-state index contributed by atoms with van der Waals surface area (Å²) < 4.78 is 0. The zero-order chi connectivity index (χ0) is 42.2. The molecular weight excluding hydrogens is 775 g/mol. The van der Waals surface area contributed by atoms with E-state index >= 15 is 0 Å². The Morgan fingerprint density at radius 3 is 1.70 bits per heavy atom. The Hall–Kier alpha value is -8.40. The lowest BCUT2D eigenvalue weighted by atomic mass is 9.64. The van der Waals surface area contributed by atoms with Gasteiger partial charge >= 0.3 is 0 Å². The summed E-state index contributed by atoms with van der Waals surface area (Å²) in [4.78, 5) is 12.9. The molecule has 0 bridgehead atoms. The monoisotopic (exact) mass is 813 g/mol. The maximum absolute atomic E-state index is 5.33. The van der Waals surface area contributed by atoms with Gasteiger partial charge in [-0.25, -0.2) is 9.97 Å². The number of anilines is 3. The summed E-state index contributed by atoms with van der Waals surface area (Å²) in [5, 5.41) is 3.52. The van der Waals surface area contributed by atoms with Crippen LogP contribution in [-0.2, 0) is 5.41 Å². The SMILES string of the molecule is c1ccc(N2c3ccccc3C3(c4ccccc4-c4cc(-c5cccc(-c6nc(-c7ccc(-c8cccc9ccccc89)cc7)c7ccccc7n6)c5)ccc43)c3ccccc32)cc1. The van der Waals surface area contributed by atoms with Gasteiger partial charge in [0, 0.05) is 22.2 Å². The van der Waals surface area contributed by atoms with Gasteiger partial charge in [-0.15, -0.1) is 0 Å². The molecule has 1 aliphatic heterocycles. The Bertz CT molecular complexity index is 3570. The second-order valence-electron chi connectivity index (χ2n) is 16.9. The van der Waals surface area contributed by atoms with E-state index in [9.17, 15) is 0 Å². The van der Waals surface area contributed by atoms with Crippen LogP contribution in [0, 0.1) is 0 Å². The highest BCUT2D eigenvalue weighted by Gasteiger charge is 2.51. The molecule has 11 aromatic rings. The number of para-hydroxylation sites is 4. The molecule has 0 N–H and O–H groups in total. The quantitative estimate of drug-likeness (QED) is 0.173. The standard InChI is InChI=1S/C61H39N3/c1-2-20-46(21-3-1)64-57-30-12-9-27-54(57)61(55-28-10-13-31-58(55)64)52-26-8-6-23-49(52)51-39-44(36-37-53(51)61)43-18-14-19-45(38-43)60-62-56-29-11-7-24-50(56)59(63-60)42-34-32-41(33-35-42)48-25-15-17-40-16-4-5-22-47(40)48/h1-39H. The van der Waals surface area contributed by atoms with Crippen LogP contribution in [0.2, 0.25) is 0 Å². The van der Waals surface area contributed by atoms with Crippen LogP contribution in [0.3, 0.4) is 0 Å². The van der Waals surface area contributed by atoms with E-state index in [1.807, 2.05) is 0 Å². The van der Waals surface area contributed by atoms with E-state index in [-0.39, 0.29) is 0 Å². The van der Waals surface area contributed by atoms with Crippen molar-refractivity contribution in [3.8, 4) is 56.0 Å². The minimum Gasteiger partial charge on any atom is -0.310 e. The molecule has 0 radical (unpaired) electrons. The minimum absolute atomic E-state index is 0.493. The Labute approximate surface area is 372 Å². The molecule has 0 fully saturated rings. The molecule has 2 heterocycles. The van der Waals surface area contributed by atoms with Crippen LogP contribution in [0.4, 0.5) is 17.1 Å². The molecule has 298 valence electrons. The molecule has 1 aromatic heterocycles. The minimum atomic E-state index is -0.493. The molecule has 1 spiro atoms. The van der Waals surface area contributed by atoms with Crippen molar-refractivity contribution in [2.45, 2.75) is 5.41 Å². The summed E-state index contributed by atoms with van der Waals surface area (Å²) in [5.74, 6) is 0.706. The second kappa shape index (κ2) is 14.3. The zero-order valence-corrected chi connectivity index (χ0v) is 34.9. The fourth-order valence-corrected chi connectivity index (χ4v) is 10.7. The average Bonchev–Trinajstić information content (AvgIpc) is 3.66. The molecule has 0 atom stereocenters. The van der Waals surface area contributed by atoms with Crippen molar-refractivity contribution in [3.05, 3.63) is 259 Å². The topological polar surface area (TPSA) is 29.0 Å². The fraction of sp³-hybridized carbons (Fsp3) is 0.0164. The van der Waals surface area contributed by atoms with E-state index < -0.39 is 5.41 Å². The van der Waals surface area contributed by atoms with E-state index in [2.05, 4.69) is 241 Å². The molecule has 0 saturated carbocycles. The van der Waals surface area contributed by atoms with Crippen LogP contribution in [0.1, 0.15) is 22.3 Å². The number of hydrogen-bond donors (Lipinski definition) is 0. The predicted octanol–water partition coefficient (Wildman–Crippen LogP) is 15.6. The third-order valence-electron chi connectivity index (χ3n) is 13.5. The smallest absolute Gasteiger partial charge is 0.160 e. The number of nitrogens with zero attached hydrogens (tertiary/aromatic N) is 3. The molecule has 0 amide bonds. The van der Waals surface area contributed by atoms with Gasteiger partial charge in [0.25, 0.3) is 0 Å². The van der Waals surface area contributed by atoms with Crippen LogP contribution in [0.25, 0.3) is 77.7 Å². The van der Waals surface area contributed by atoms with Gasteiger partial charge in [0.05, 0.1) is 28.0 Å².